The van der Waals surface area contributed by atoms with Gasteiger partial charge in [-0.15, -0.1) is 0 Å². The standard InChI is InChI=1S/C15H20N2O3/c1-15(2)7-6-10(17-15)13(19)9-4-3-5-11-14(9)20-8-12(18)16-11/h3-5,10,13,17,19H,6-8H2,1-2H3,(H,16,18)/t10-,13+/m0/s1. The van der Waals surface area contributed by atoms with Crippen LogP contribution in [0.5, 0.6) is 5.75 Å². The zero-order valence-electron chi connectivity index (χ0n) is 11.8. The third-order valence-electron chi connectivity index (χ3n) is 4.02. The lowest BCUT2D eigenvalue weighted by atomic mass is 9.98. The number of hydrogen-bond donors (Lipinski definition) is 3. The lowest BCUT2D eigenvalue weighted by Crippen LogP contribution is -2.40. The number of fused-ring (bicyclic) bond motifs is 1. The molecule has 20 heavy (non-hydrogen) atoms. The second-order valence-electron chi connectivity index (χ2n) is 6.18. The second kappa shape index (κ2) is 4.75. The molecule has 1 aromatic carbocycles. The topological polar surface area (TPSA) is 70.6 Å². The summed E-state index contributed by atoms with van der Waals surface area (Å²) in [6.45, 7) is 4.27. The van der Waals surface area contributed by atoms with Crippen LogP contribution in [0.1, 0.15) is 38.4 Å². The quantitative estimate of drug-likeness (QED) is 0.767. The minimum absolute atomic E-state index is 0.000319. The van der Waals surface area contributed by atoms with Crippen LogP contribution in [0.2, 0.25) is 0 Å². The number of ether oxygens (including phenoxy) is 1. The molecule has 1 aromatic rings. The van der Waals surface area contributed by atoms with E-state index in [1.165, 1.54) is 0 Å². The van der Waals surface area contributed by atoms with E-state index in [0.717, 1.165) is 18.4 Å². The van der Waals surface area contributed by atoms with Crippen molar-refractivity contribution in [2.24, 2.45) is 0 Å². The van der Waals surface area contributed by atoms with Crippen LogP contribution in [-0.4, -0.2) is 29.2 Å². The molecule has 0 spiro atoms. The van der Waals surface area contributed by atoms with Gasteiger partial charge in [-0.1, -0.05) is 12.1 Å². The van der Waals surface area contributed by atoms with Crippen molar-refractivity contribution in [1.82, 2.24) is 5.32 Å². The molecule has 1 amide bonds. The Morgan fingerprint density at radius 3 is 2.95 bits per heavy atom. The zero-order valence-corrected chi connectivity index (χ0v) is 11.8. The van der Waals surface area contributed by atoms with Crippen LogP contribution >= 0.6 is 0 Å². The molecule has 1 fully saturated rings. The van der Waals surface area contributed by atoms with Crippen LogP contribution in [0.4, 0.5) is 5.69 Å². The Morgan fingerprint density at radius 1 is 1.45 bits per heavy atom. The van der Waals surface area contributed by atoms with Gasteiger partial charge in [0.25, 0.3) is 5.91 Å². The predicted octanol–water partition coefficient (Wildman–Crippen LogP) is 1.58. The molecular formula is C15H20N2O3. The van der Waals surface area contributed by atoms with Gasteiger partial charge in [0.1, 0.15) is 5.75 Å². The average molecular weight is 276 g/mol. The van der Waals surface area contributed by atoms with Crippen LogP contribution in [0.15, 0.2) is 18.2 Å². The molecular weight excluding hydrogens is 256 g/mol. The van der Waals surface area contributed by atoms with Gasteiger partial charge in [0, 0.05) is 17.1 Å². The predicted molar refractivity (Wildman–Crippen MR) is 75.8 cm³/mol. The summed E-state index contributed by atoms with van der Waals surface area (Å²) < 4.78 is 5.50. The first-order valence-electron chi connectivity index (χ1n) is 6.98. The van der Waals surface area contributed by atoms with Crippen LogP contribution in [0.25, 0.3) is 0 Å². The Morgan fingerprint density at radius 2 is 2.25 bits per heavy atom. The lowest BCUT2D eigenvalue weighted by molar-refractivity contribution is -0.118. The first kappa shape index (κ1) is 13.4. The van der Waals surface area contributed by atoms with Gasteiger partial charge in [0.15, 0.2) is 6.61 Å². The third-order valence-corrected chi connectivity index (χ3v) is 4.02. The minimum Gasteiger partial charge on any atom is -0.481 e. The highest BCUT2D eigenvalue weighted by molar-refractivity contribution is 5.95. The van der Waals surface area contributed by atoms with Gasteiger partial charge in [-0.25, -0.2) is 0 Å². The Hall–Kier alpha value is -1.59. The molecule has 5 heteroatoms. The Kier molecular flexibility index (Phi) is 3.18. The summed E-state index contributed by atoms with van der Waals surface area (Å²) in [5.41, 5.74) is 1.42. The number of aliphatic hydroxyl groups excluding tert-OH is 1. The number of hydrogen-bond acceptors (Lipinski definition) is 4. The first-order chi connectivity index (χ1) is 9.46. The molecule has 0 unspecified atom stereocenters. The average Bonchev–Trinajstić information content (AvgIpc) is 2.77. The molecule has 108 valence electrons. The highest BCUT2D eigenvalue weighted by Crippen LogP contribution is 2.39. The van der Waals surface area contributed by atoms with Gasteiger partial charge in [0.2, 0.25) is 0 Å². The SMILES string of the molecule is CC1(C)CC[C@@H]([C@H](O)c2cccc3c2OCC(=O)N3)N1. The summed E-state index contributed by atoms with van der Waals surface area (Å²) in [5, 5.41) is 16.8. The summed E-state index contributed by atoms with van der Waals surface area (Å²) in [6.07, 6.45) is 1.31. The number of rotatable bonds is 2. The van der Waals surface area contributed by atoms with Gasteiger partial charge < -0.3 is 20.5 Å². The maximum Gasteiger partial charge on any atom is 0.262 e. The Bertz CT molecular complexity index is 542. The van der Waals surface area contributed by atoms with Crippen LogP contribution in [0, 0.1) is 0 Å². The number of aliphatic hydroxyl groups is 1. The van der Waals surface area contributed by atoms with E-state index in [-0.39, 0.29) is 24.1 Å². The van der Waals surface area contributed by atoms with Crippen molar-refractivity contribution in [2.75, 3.05) is 11.9 Å². The van der Waals surface area contributed by atoms with E-state index in [1.807, 2.05) is 12.1 Å². The second-order valence-corrected chi connectivity index (χ2v) is 6.18. The molecule has 0 aliphatic carbocycles. The van der Waals surface area contributed by atoms with Gasteiger partial charge in [-0.05, 0) is 32.8 Å². The van der Waals surface area contributed by atoms with Crippen LogP contribution < -0.4 is 15.4 Å². The normalized spacial score (nSPS) is 25.6. The van der Waals surface area contributed by atoms with Crippen molar-refractivity contribution in [1.29, 1.82) is 0 Å². The maximum absolute atomic E-state index is 11.3. The largest absolute Gasteiger partial charge is 0.481 e. The van der Waals surface area contributed by atoms with E-state index in [9.17, 15) is 9.90 Å². The Labute approximate surface area is 118 Å². The zero-order chi connectivity index (χ0) is 14.3. The smallest absolute Gasteiger partial charge is 0.262 e. The number of nitrogens with one attached hydrogen (secondary N) is 2. The third kappa shape index (κ3) is 2.39. The number of anilines is 1. The van der Waals surface area contributed by atoms with E-state index in [4.69, 9.17) is 4.74 Å². The monoisotopic (exact) mass is 276 g/mol. The van der Waals surface area contributed by atoms with Crippen molar-refractivity contribution in [3.8, 4) is 5.75 Å². The van der Waals surface area contributed by atoms with E-state index in [1.54, 1.807) is 6.07 Å². The molecule has 5 nitrogen and oxygen atoms in total. The van der Waals surface area contributed by atoms with Crippen molar-refractivity contribution in [2.45, 2.75) is 44.4 Å². The minimum atomic E-state index is -0.637. The molecule has 3 N–H and O–H groups in total. The van der Waals surface area contributed by atoms with Crippen molar-refractivity contribution < 1.29 is 14.6 Å². The molecule has 0 bridgehead atoms. The first-order valence-corrected chi connectivity index (χ1v) is 6.98. The fourth-order valence-corrected chi connectivity index (χ4v) is 2.99. The fraction of sp³-hybridized carbons (Fsp3) is 0.533. The lowest BCUT2D eigenvalue weighted by Gasteiger charge is -2.27. The molecule has 0 radical (unpaired) electrons. The molecule has 2 aliphatic heterocycles. The van der Waals surface area contributed by atoms with E-state index in [0.29, 0.717) is 11.4 Å². The molecule has 2 atom stereocenters. The molecule has 0 aromatic heterocycles. The van der Waals surface area contributed by atoms with Gasteiger partial charge in [0.05, 0.1) is 11.8 Å². The summed E-state index contributed by atoms with van der Waals surface area (Å²) in [4.78, 5) is 11.3. The van der Waals surface area contributed by atoms with E-state index in [2.05, 4.69) is 24.5 Å². The van der Waals surface area contributed by atoms with Crippen molar-refractivity contribution in [3.05, 3.63) is 23.8 Å². The molecule has 2 aliphatic rings. The van der Waals surface area contributed by atoms with Gasteiger partial charge >= 0.3 is 0 Å². The number of para-hydroxylation sites is 1. The summed E-state index contributed by atoms with van der Waals surface area (Å²) >= 11 is 0. The fourth-order valence-electron chi connectivity index (χ4n) is 2.99. The number of benzene rings is 1. The van der Waals surface area contributed by atoms with Crippen molar-refractivity contribution >= 4 is 11.6 Å². The summed E-state index contributed by atoms with van der Waals surface area (Å²) in [5.74, 6) is 0.426. The Balaban J connectivity index is 1.87. The maximum atomic E-state index is 11.3. The highest BCUT2D eigenvalue weighted by atomic mass is 16.5. The highest BCUT2D eigenvalue weighted by Gasteiger charge is 2.36. The number of amides is 1. The molecule has 3 rings (SSSR count). The molecule has 1 saturated heterocycles. The number of carbonyl (C=O) groups is 1. The van der Waals surface area contributed by atoms with E-state index >= 15 is 0 Å². The molecule has 0 saturated carbocycles. The van der Waals surface area contributed by atoms with Crippen LogP contribution in [-0.2, 0) is 4.79 Å². The molecule has 2 heterocycles. The summed E-state index contributed by atoms with van der Waals surface area (Å²) in [7, 11) is 0. The van der Waals surface area contributed by atoms with Crippen molar-refractivity contribution in [3.63, 3.8) is 0 Å². The van der Waals surface area contributed by atoms with E-state index < -0.39 is 6.10 Å². The van der Waals surface area contributed by atoms with Gasteiger partial charge in [-0.2, -0.15) is 0 Å². The van der Waals surface area contributed by atoms with Crippen LogP contribution in [0.3, 0.4) is 0 Å². The van der Waals surface area contributed by atoms with Gasteiger partial charge in [-0.3, -0.25) is 4.79 Å². The summed E-state index contributed by atoms with van der Waals surface area (Å²) in [6, 6.07) is 5.48. The number of carbonyl (C=O) groups excluding carboxylic acids is 1.